The van der Waals surface area contributed by atoms with Crippen LogP contribution in [0.5, 0.6) is 0 Å². The van der Waals surface area contributed by atoms with Crippen LogP contribution in [-0.4, -0.2) is 29.1 Å². The number of aromatic nitrogens is 2. The standard InChI is InChI=1S/C15H22N4S/c1-4-16-15-17-13(12-7-8-20-14(12)18-15)19(10(2)3)9-11-5-6-11/h7-8,10-11H,4-6,9H2,1-3H3,(H,16,17,18). The van der Waals surface area contributed by atoms with Crippen LogP contribution < -0.4 is 10.2 Å². The number of anilines is 2. The summed E-state index contributed by atoms with van der Waals surface area (Å²) in [5.74, 6) is 2.69. The highest BCUT2D eigenvalue weighted by molar-refractivity contribution is 7.16. The van der Waals surface area contributed by atoms with E-state index in [-0.39, 0.29) is 0 Å². The van der Waals surface area contributed by atoms with Crippen molar-refractivity contribution in [1.29, 1.82) is 0 Å². The summed E-state index contributed by atoms with van der Waals surface area (Å²) in [5, 5.41) is 6.54. The smallest absolute Gasteiger partial charge is 0.226 e. The Morgan fingerprint density at radius 2 is 2.20 bits per heavy atom. The first kappa shape index (κ1) is 13.6. The zero-order chi connectivity index (χ0) is 14.1. The predicted molar refractivity (Wildman–Crippen MR) is 86.8 cm³/mol. The number of hydrogen-bond donors (Lipinski definition) is 1. The molecule has 0 unspecified atom stereocenters. The van der Waals surface area contributed by atoms with Gasteiger partial charge in [0, 0.05) is 19.1 Å². The average molecular weight is 290 g/mol. The first-order chi connectivity index (χ1) is 9.69. The molecule has 108 valence electrons. The molecular weight excluding hydrogens is 268 g/mol. The minimum atomic E-state index is 0.461. The molecule has 2 aromatic heterocycles. The lowest BCUT2D eigenvalue weighted by molar-refractivity contribution is 0.639. The topological polar surface area (TPSA) is 41.1 Å². The van der Waals surface area contributed by atoms with E-state index in [2.05, 4.69) is 47.4 Å². The second-order valence-corrected chi connectivity index (χ2v) is 6.62. The molecule has 1 N–H and O–H groups in total. The summed E-state index contributed by atoms with van der Waals surface area (Å²) in [6, 6.07) is 2.61. The van der Waals surface area contributed by atoms with Gasteiger partial charge in [-0.1, -0.05) is 0 Å². The number of hydrogen-bond acceptors (Lipinski definition) is 5. The minimum absolute atomic E-state index is 0.461. The summed E-state index contributed by atoms with van der Waals surface area (Å²) in [6.07, 6.45) is 2.72. The van der Waals surface area contributed by atoms with Crippen molar-refractivity contribution in [2.75, 3.05) is 23.3 Å². The molecule has 0 aromatic carbocycles. The van der Waals surface area contributed by atoms with Crippen molar-refractivity contribution in [3.05, 3.63) is 11.4 Å². The summed E-state index contributed by atoms with van der Waals surface area (Å²) >= 11 is 1.69. The van der Waals surface area contributed by atoms with Crippen LogP contribution in [0.1, 0.15) is 33.6 Å². The van der Waals surface area contributed by atoms with Crippen LogP contribution in [0.25, 0.3) is 10.2 Å². The molecule has 0 aliphatic heterocycles. The molecule has 1 saturated carbocycles. The van der Waals surface area contributed by atoms with Crippen LogP contribution in [0.2, 0.25) is 0 Å². The lowest BCUT2D eigenvalue weighted by atomic mass is 10.2. The Bertz CT molecular complexity index is 589. The van der Waals surface area contributed by atoms with E-state index < -0.39 is 0 Å². The molecule has 5 heteroatoms. The molecule has 0 bridgehead atoms. The Labute approximate surface area is 124 Å². The van der Waals surface area contributed by atoms with Gasteiger partial charge in [0.2, 0.25) is 5.95 Å². The van der Waals surface area contributed by atoms with Crippen molar-refractivity contribution in [2.24, 2.45) is 5.92 Å². The molecule has 20 heavy (non-hydrogen) atoms. The Hall–Kier alpha value is -1.36. The fraction of sp³-hybridized carbons (Fsp3) is 0.600. The van der Waals surface area contributed by atoms with Crippen molar-refractivity contribution in [3.8, 4) is 0 Å². The molecule has 2 aromatic rings. The van der Waals surface area contributed by atoms with E-state index >= 15 is 0 Å². The van der Waals surface area contributed by atoms with Gasteiger partial charge in [-0.15, -0.1) is 11.3 Å². The minimum Gasteiger partial charge on any atom is -0.354 e. The number of nitrogens with zero attached hydrogens (tertiary/aromatic N) is 3. The molecule has 0 amide bonds. The van der Waals surface area contributed by atoms with Crippen LogP contribution in [0.3, 0.4) is 0 Å². The van der Waals surface area contributed by atoms with Gasteiger partial charge in [-0.05, 0) is 51.0 Å². The van der Waals surface area contributed by atoms with Gasteiger partial charge >= 0.3 is 0 Å². The number of fused-ring (bicyclic) bond motifs is 1. The van der Waals surface area contributed by atoms with E-state index in [0.717, 1.165) is 35.6 Å². The second-order valence-electron chi connectivity index (χ2n) is 5.73. The molecule has 4 nitrogen and oxygen atoms in total. The predicted octanol–water partition coefficient (Wildman–Crippen LogP) is 3.75. The third-order valence-corrected chi connectivity index (χ3v) is 4.49. The van der Waals surface area contributed by atoms with Gasteiger partial charge in [-0.3, -0.25) is 0 Å². The SMILES string of the molecule is CCNc1nc(N(CC2CC2)C(C)C)c2ccsc2n1. The second kappa shape index (κ2) is 5.56. The molecule has 0 spiro atoms. The van der Waals surface area contributed by atoms with Crippen molar-refractivity contribution >= 4 is 33.3 Å². The third kappa shape index (κ3) is 2.73. The Morgan fingerprint density at radius 1 is 1.40 bits per heavy atom. The van der Waals surface area contributed by atoms with E-state index in [4.69, 9.17) is 4.98 Å². The quantitative estimate of drug-likeness (QED) is 0.879. The van der Waals surface area contributed by atoms with Crippen LogP contribution >= 0.6 is 11.3 Å². The van der Waals surface area contributed by atoms with Crippen LogP contribution in [0, 0.1) is 5.92 Å². The number of thiophene rings is 1. The first-order valence-electron chi connectivity index (χ1n) is 7.44. The van der Waals surface area contributed by atoms with Gasteiger partial charge in [0.25, 0.3) is 0 Å². The van der Waals surface area contributed by atoms with Gasteiger partial charge in [0.1, 0.15) is 10.6 Å². The van der Waals surface area contributed by atoms with Crippen LogP contribution in [0.15, 0.2) is 11.4 Å². The lowest BCUT2D eigenvalue weighted by Crippen LogP contribution is -2.33. The highest BCUT2D eigenvalue weighted by Gasteiger charge is 2.27. The molecule has 0 saturated heterocycles. The fourth-order valence-electron chi connectivity index (χ4n) is 2.42. The third-order valence-electron chi connectivity index (χ3n) is 3.69. The average Bonchev–Trinajstić information content (AvgIpc) is 3.11. The highest BCUT2D eigenvalue weighted by Crippen LogP contribution is 2.35. The van der Waals surface area contributed by atoms with Crippen molar-refractivity contribution < 1.29 is 0 Å². The summed E-state index contributed by atoms with van der Waals surface area (Å²) in [6.45, 7) is 8.53. The zero-order valence-electron chi connectivity index (χ0n) is 12.4. The van der Waals surface area contributed by atoms with Crippen molar-refractivity contribution in [2.45, 2.75) is 39.7 Å². The molecule has 3 rings (SSSR count). The van der Waals surface area contributed by atoms with E-state index in [1.54, 1.807) is 11.3 Å². The van der Waals surface area contributed by atoms with E-state index in [1.165, 1.54) is 18.2 Å². The van der Waals surface area contributed by atoms with Gasteiger partial charge in [-0.2, -0.15) is 4.98 Å². The molecule has 0 radical (unpaired) electrons. The Balaban J connectivity index is 2.03. The normalized spacial score (nSPS) is 15.0. The summed E-state index contributed by atoms with van der Waals surface area (Å²) < 4.78 is 0. The molecule has 1 aliphatic carbocycles. The molecule has 1 aliphatic rings. The summed E-state index contributed by atoms with van der Waals surface area (Å²) in [5.41, 5.74) is 0. The number of rotatable bonds is 6. The molecule has 2 heterocycles. The Kier molecular flexibility index (Phi) is 3.78. The lowest BCUT2D eigenvalue weighted by Gasteiger charge is -2.28. The van der Waals surface area contributed by atoms with Gasteiger partial charge in [0.15, 0.2) is 0 Å². The highest BCUT2D eigenvalue weighted by atomic mass is 32.1. The molecule has 1 fully saturated rings. The zero-order valence-corrected chi connectivity index (χ0v) is 13.2. The largest absolute Gasteiger partial charge is 0.354 e. The first-order valence-corrected chi connectivity index (χ1v) is 8.32. The summed E-state index contributed by atoms with van der Waals surface area (Å²) in [7, 11) is 0. The Morgan fingerprint density at radius 3 is 2.85 bits per heavy atom. The van der Waals surface area contributed by atoms with Gasteiger partial charge < -0.3 is 10.2 Å². The van der Waals surface area contributed by atoms with E-state index in [9.17, 15) is 0 Å². The van der Waals surface area contributed by atoms with E-state index in [0.29, 0.717) is 6.04 Å². The maximum atomic E-state index is 4.78. The number of nitrogens with one attached hydrogen (secondary N) is 1. The van der Waals surface area contributed by atoms with Crippen molar-refractivity contribution in [1.82, 2.24) is 9.97 Å². The molecule has 0 atom stereocenters. The van der Waals surface area contributed by atoms with Crippen LogP contribution in [0.4, 0.5) is 11.8 Å². The van der Waals surface area contributed by atoms with Gasteiger partial charge in [0.05, 0.1) is 5.39 Å². The monoisotopic (exact) mass is 290 g/mol. The van der Waals surface area contributed by atoms with Crippen molar-refractivity contribution in [3.63, 3.8) is 0 Å². The van der Waals surface area contributed by atoms with E-state index in [1.807, 2.05) is 0 Å². The fourth-order valence-corrected chi connectivity index (χ4v) is 3.17. The van der Waals surface area contributed by atoms with Gasteiger partial charge in [-0.25, -0.2) is 4.98 Å². The van der Waals surface area contributed by atoms with Crippen LogP contribution in [-0.2, 0) is 0 Å². The molecular formula is C15H22N4S. The summed E-state index contributed by atoms with van der Waals surface area (Å²) in [4.78, 5) is 12.9. The maximum absolute atomic E-state index is 4.78. The maximum Gasteiger partial charge on any atom is 0.226 e.